The van der Waals surface area contributed by atoms with E-state index in [1.807, 2.05) is 10.8 Å². The van der Waals surface area contributed by atoms with Crippen LogP contribution in [0.3, 0.4) is 0 Å². The van der Waals surface area contributed by atoms with Crippen LogP contribution >= 0.6 is 0 Å². The van der Waals surface area contributed by atoms with Gasteiger partial charge in [0.25, 0.3) is 0 Å². The number of hydrogen-bond donors (Lipinski definition) is 0. The summed E-state index contributed by atoms with van der Waals surface area (Å²) in [4.78, 5) is 21.7. The van der Waals surface area contributed by atoms with Crippen molar-refractivity contribution in [3.8, 4) is 0 Å². The molecule has 4 rings (SSSR count). The molecule has 5 nitrogen and oxygen atoms in total. The van der Waals surface area contributed by atoms with Crippen LogP contribution in [0.4, 0.5) is 0 Å². The number of aryl methyl sites for hydroxylation is 1. The molecule has 2 aliphatic rings. The maximum absolute atomic E-state index is 12.8. The maximum atomic E-state index is 12.8. The summed E-state index contributed by atoms with van der Waals surface area (Å²) < 4.78 is 1.99. The highest BCUT2D eigenvalue weighted by Crippen LogP contribution is 2.44. The number of hydrogen-bond acceptors (Lipinski definition) is 3. The lowest BCUT2D eigenvalue weighted by atomic mass is 9.68. The summed E-state index contributed by atoms with van der Waals surface area (Å²) in [6.45, 7) is 6.54. The molecular weight excluding hydrogens is 348 g/mol. The molecule has 2 saturated heterocycles. The molecule has 0 aliphatic carbocycles. The number of imidazole rings is 1. The zero-order chi connectivity index (χ0) is 19.6. The molecule has 0 radical (unpaired) electrons. The third-order valence-electron chi connectivity index (χ3n) is 6.69. The van der Waals surface area contributed by atoms with Crippen LogP contribution in [0.2, 0.25) is 0 Å². The van der Waals surface area contributed by atoms with E-state index in [0.29, 0.717) is 17.9 Å². The molecule has 28 heavy (non-hydrogen) atoms. The summed E-state index contributed by atoms with van der Waals surface area (Å²) in [6.07, 6.45) is 8.02. The number of piperidine rings is 2. The zero-order valence-electron chi connectivity index (χ0n) is 17.2. The predicted octanol–water partition coefficient (Wildman–Crippen LogP) is 3.17. The Bertz CT molecular complexity index is 792. The number of amides is 1. The number of likely N-dealkylation sites (N-methyl/N-ethyl adjacent to an activating group) is 1. The molecule has 5 heteroatoms. The lowest BCUT2D eigenvalue weighted by Gasteiger charge is -2.49. The molecule has 1 amide bonds. The highest BCUT2D eigenvalue weighted by atomic mass is 16.2. The van der Waals surface area contributed by atoms with Gasteiger partial charge in [0.05, 0.1) is 0 Å². The number of carbonyl (C=O) groups excluding carboxylic acids is 1. The first kappa shape index (κ1) is 19.2. The zero-order valence-corrected chi connectivity index (χ0v) is 17.2. The van der Waals surface area contributed by atoms with Gasteiger partial charge in [0.1, 0.15) is 12.4 Å². The van der Waals surface area contributed by atoms with Gasteiger partial charge in [0.2, 0.25) is 5.91 Å². The van der Waals surface area contributed by atoms with E-state index in [9.17, 15) is 4.79 Å². The second-order valence-electron chi connectivity index (χ2n) is 8.71. The van der Waals surface area contributed by atoms with Crippen molar-refractivity contribution >= 4 is 5.91 Å². The fraction of sp³-hybridized carbons (Fsp3) is 0.565. The van der Waals surface area contributed by atoms with E-state index < -0.39 is 0 Å². The summed E-state index contributed by atoms with van der Waals surface area (Å²) in [5, 5.41) is 0. The van der Waals surface area contributed by atoms with Gasteiger partial charge in [0, 0.05) is 45.0 Å². The Hall–Kier alpha value is -2.14. The molecule has 2 aliphatic heterocycles. The van der Waals surface area contributed by atoms with Gasteiger partial charge in [-0.2, -0.15) is 0 Å². The summed E-state index contributed by atoms with van der Waals surface area (Å²) in [5.41, 5.74) is 1.80. The summed E-state index contributed by atoms with van der Waals surface area (Å²) in [5.74, 6) is 1.81. The molecule has 2 aromatic rings. The topological polar surface area (TPSA) is 41.4 Å². The quantitative estimate of drug-likeness (QED) is 0.818. The average Bonchev–Trinajstić information content (AvgIpc) is 3.15. The normalized spacial score (nSPS) is 22.5. The first-order chi connectivity index (χ1) is 13.6. The first-order valence-electron chi connectivity index (χ1n) is 10.6. The molecular formula is C23H32N4O. The van der Waals surface area contributed by atoms with Crippen molar-refractivity contribution < 1.29 is 4.79 Å². The predicted molar refractivity (Wildman–Crippen MR) is 111 cm³/mol. The molecule has 0 unspecified atom stereocenters. The Morgan fingerprint density at radius 3 is 2.68 bits per heavy atom. The first-order valence-corrected chi connectivity index (χ1v) is 10.6. The van der Waals surface area contributed by atoms with Crippen molar-refractivity contribution in [2.45, 2.75) is 45.1 Å². The van der Waals surface area contributed by atoms with Crippen LogP contribution in [-0.2, 0) is 17.8 Å². The van der Waals surface area contributed by atoms with Gasteiger partial charge in [-0.25, -0.2) is 4.98 Å². The molecule has 1 aromatic carbocycles. The van der Waals surface area contributed by atoms with Gasteiger partial charge in [-0.15, -0.1) is 0 Å². The van der Waals surface area contributed by atoms with Crippen molar-refractivity contribution in [3.63, 3.8) is 0 Å². The molecule has 0 saturated carbocycles. The van der Waals surface area contributed by atoms with E-state index in [4.69, 9.17) is 0 Å². The van der Waals surface area contributed by atoms with Crippen LogP contribution in [0.1, 0.15) is 43.5 Å². The van der Waals surface area contributed by atoms with E-state index in [1.54, 1.807) is 6.20 Å². The van der Waals surface area contributed by atoms with E-state index in [1.165, 1.54) is 12.0 Å². The molecule has 150 valence electrons. The third kappa shape index (κ3) is 4.00. The van der Waals surface area contributed by atoms with E-state index in [-0.39, 0.29) is 5.91 Å². The van der Waals surface area contributed by atoms with Crippen LogP contribution in [0.5, 0.6) is 0 Å². The monoisotopic (exact) mass is 380 g/mol. The Labute approximate surface area is 168 Å². The van der Waals surface area contributed by atoms with E-state index >= 15 is 0 Å². The largest absolute Gasteiger partial charge is 0.341 e. The van der Waals surface area contributed by atoms with Crippen molar-refractivity contribution in [2.24, 2.45) is 5.41 Å². The number of carbonyl (C=O) groups is 1. The van der Waals surface area contributed by atoms with Crippen LogP contribution in [0, 0.1) is 5.41 Å². The SMILES string of the molecule is CCc1nccn1CC(=O)N1CCC2(CC1)C[C@@H](c1ccccc1)CN(C)C2. The molecule has 2 fully saturated rings. The fourth-order valence-electron chi connectivity index (χ4n) is 5.25. The smallest absolute Gasteiger partial charge is 0.242 e. The maximum Gasteiger partial charge on any atom is 0.242 e. The summed E-state index contributed by atoms with van der Waals surface area (Å²) in [6, 6.07) is 10.9. The van der Waals surface area contributed by atoms with Gasteiger partial charge < -0.3 is 14.4 Å². The standard InChI is InChI=1S/C23H32N4O/c1-3-21-24-11-14-27(21)17-22(28)26-12-9-23(10-13-26)15-20(16-25(2)18-23)19-7-5-4-6-8-19/h4-8,11,14,20H,3,9-10,12-13,15-18H2,1-2H3/t20-/m1/s1. The van der Waals surface area contributed by atoms with Crippen molar-refractivity contribution in [3.05, 3.63) is 54.1 Å². The Morgan fingerprint density at radius 2 is 1.96 bits per heavy atom. The van der Waals surface area contributed by atoms with E-state index in [0.717, 1.165) is 51.3 Å². The van der Waals surface area contributed by atoms with Gasteiger partial charge in [0.15, 0.2) is 0 Å². The fourth-order valence-corrected chi connectivity index (χ4v) is 5.25. The van der Waals surface area contributed by atoms with Crippen LogP contribution in [0.25, 0.3) is 0 Å². The van der Waals surface area contributed by atoms with Crippen molar-refractivity contribution in [1.29, 1.82) is 0 Å². The van der Waals surface area contributed by atoms with Crippen LogP contribution < -0.4 is 0 Å². The number of benzene rings is 1. The van der Waals surface area contributed by atoms with Crippen molar-refractivity contribution in [1.82, 2.24) is 19.4 Å². The summed E-state index contributed by atoms with van der Waals surface area (Å²) >= 11 is 0. The number of aromatic nitrogens is 2. The Morgan fingerprint density at radius 1 is 1.21 bits per heavy atom. The number of rotatable bonds is 4. The minimum absolute atomic E-state index is 0.228. The van der Waals surface area contributed by atoms with Crippen LogP contribution in [-0.4, -0.2) is 58.5 Å². The molecule has 0 bridgehead atoms. The minimum Gasteiger partial charge on any atom is -0.341 e. The van der Waals surface area contributed by atoms with Gasteiger partial charge in [-0.3, -0.25) is 4.79 Å². The van der Waals surface area contributed by atoms with Gasteiger partial charge in [-0.05, 0) is 43.2 Å². The average molecular weight is 381 g/mol. The minimum atomic E-state index is 0.228. The Kier molecular flexibility index (Phi) is 5.54. The molecule has 0 N–H and O–H groups in total. The van der Waals surface area contributed by atoms with Gasteiger partial charge in [-0.1, -0.05) is 37.3 Å². The van der Waals surface area contributed by atoms with E-state index in [2.05, 4.69) is 59.1 Å². The van der Waals surface area contributed by atoms with Crippen LogP contribution in [0.15, 0.2) is 42.7 Å². The highest BCUT2D eigenvalue weighted by Gasteiger charge is 2.42. The lowest BCUT2D eigenvalue weighted by Crippen LogP contribution is -2.52. The molecule has 1 atom stereocenters. The lowest BCUT2D eigenvalue weighted by molar-refractivity contribution is -0.135. The molecule has 1 aromatic heterocycles. The molecule has 1 spiro atoms. The number of nitrogens with zero attached hydrogens (tertiary/aromatic N) is 4. The second-order valence-corrected chi connectivity index (χ2v) is 8.71. The molecule has 3 heterocycles. The third-order valence-corrected chi connectivity index (χ3v) is 6.69. The second kappa shape index (κ2) is 8.08. The Balaban J connectivity index is 1.39. The highest BCUT2D eigenvalue weighted by molar-refractivity contribution is 5.76. The number of likely N-dealkylation sites (tertiary alicyclic amines) is 2. The van der Waals surface area contributed by atoms with Crippen molar-refractivity contribution in [2.75, 3.05) is 33.2 Å². The van der Waals surface area contributed by atoms with Gasteiger partial charge >= 0.3 is 0 Å². The summed E-state index contributed by atoms with van der Waals surface area (Å²) in [7, 11) is 2.25.